The Morgan fingerprint density at radius 2 is 1.91 bits per heavy atom. The first-order valence-electron chi connectivity index (χ1n) is 8.85. The highest BCUT2D eigenvalue weighted by molar-refractivity contribution is 6.32. The van der Waals surface area contributed by atoms with Crippen LogP contribution >= 0.6 is 23.2 Å². The number of aliphatic carboxylic acids is 1. The predicted octanol–water partition coefficient (Wildman–Crippen LogP) is 5.08. The first-order valence-corrected chi connectivity index (χ1v) is 9.60. The molecule has 3 rings (SSSR count). The van der Waals surface area contributed by atoms with Crippen LogP contribution in [0, 0.1) is 17.1 Å². The number of aromatic amines is 1. The third-order valence-electron chi connectivity index (χ3n) is 3.79. The number of nitriles is 1. The van der Waals surface area contributed by atoms with Crippen LogP contribution in [0.5, 0.6) is 11.5 Å². The number of aromatic nitrogens is 2. The summed E-state index contributed by atoms with van der Waals surface area (Å²) in [4.78, 5) is 20.8. The van der Waals surface area contributed by atoms with Crippen LogP contribution in [0.3, 0.4) is 0 Å². The average molecular weight is 519 g/mol. The fraction of sp³-hybridized carbons (Fsp3) is 0.100. The number of rotatable bonds is 5. The minimum absolute atomic E-state index is 0.0379. The number of alkyl halides is 3. The van der Waals surface area contributed by atoms with E-state index in [-0.39, 0.29) is 39.2 Å². The Morgan fingerprint density at radius 1 is 1.24 bits per heavy atom. The van der Waals surface area contributed by atoms with Gasteiger partial charge in [0.05, 0.1) is 28.4 Å². The topological polar surface area (TPSA) is 128 Å². The zero-order chi connectivity index (χ0) is 25.5. The summed E-state index contributed by atoms with van der Waals surface area (Å²) in [5.74, 6) is -3.95. The second kappa shape index (κ2) is 11.4. The molecule has 2 aromatic carbocycles. The average Bonchev–Trinajstić information content (AvgIpc) is 3.30. The second-order valence-electron chi connectivity index (χ2n) is 6.21. The Kier molecular flexibility index (Phi) is 8.83. The lowest BCUT2D eigenvalue weighted by molar-refractivity contribution is -0.192. The van der Waals surface area contributed by atoms with Gasteiger partial charge in [-0.2, -0.15) is 23.5 Å². The summed E-state index contributed by atoms with van der Waals surface area (Å²) < 4.78 is 52.1. The zero-order valence-corrected chi connectivity index (χ0v) is 18.1. The van der Waals surface area contributed by atoms with Crippen molar-refractivity contribution in [1.82, 2.24) is 15.5 Å². The molecule has 8 nitrogen and oxygen atoms in total. The first-order chi connectivity index (χ1) is 15.9. The standard InChI is InChI=1S/C18H11Cl2FN4O2.C2HF3O2/c19-13-3-10(6-22)4-14(5-13)27-17-15(20)2-1-11(16(17)21)7-23-18(26)12-8-24-25-9-12;3-2(4,5)1(6)7/h1-5,8-9H,7H2,(H,23,26)(H,24,25);(H,6,7). The third-order valence-corrected chi connectivity index (χ3v) is 4.31. The molecule has 0 fully saturated rings. The molecule has 1 amide bonds. The van der Waals surface area contributed by atoms with Gasteiger partial charge in [-0.15, -0.1) is 0 Å². The van der Waals surface area contributed by atoms with Crippen LogP contribution < -0.4 is 10.1 Å². The molecule has 0 bridgehead atoms. The number of nitrogens with one attached hydrogen (secondary N) is 2. The molecule has 3 aromatic rings. The molecule has 0 aliphatic rings. The van der Waals surface area contributed by atoms with Gasteiger partial charge in [-0.3, -0.25) is 9.89 Å². The van der Waals surface area contributed by atoms with Crippen molar-refractivity contribution in [3.8, 4) is 17.6 Å². The van der Waals surface area contributed by atoms with Gasteiger partial charge >= 0.3 is 12.1 Å². The van der Waals surface area contributed by atoms with Gasteiger partial charge in [-0.05, 0) is 24.3 Å². The fourth-order valence-electron chi connectivity index (χ4n) is 2.26. The first kappa shape index (κ1) is 26.4. The van der Waals surface area contributed by atoms with Crippen molar-refractivity contribution in [1.29, 1.82) is 5.26 Å². The third kappa shape index (κ3) is 7.36. The van der Waals surface area contributed by atoms with Gasteiger partial charge in [0.2, 0.25) is 0 Å². The lowest BCUT2D eigenvalue weighted by atomic mass is 10.2. The van der Waals surface area contributed by atoms with E-state index < -0.39 is 23.9 Å². The Balaban J connectivity index is 0.000000509. The monoisotopic (exact) mass is 518 g/mol. The number of H-pyrrole nitrogens is 1. The van der Waals surface area contributed by atoms with Gasteiger partial charge in [0, 0.05) is 23.3 Å². The molecular formula is C20H12Cl2F4N4O4. The number of carbonyl (C=O) groups is 2. The van der Waals surface area contributed by atoms with Crippen LogP contribution in [0.4, 0.5) is 17.6 Å². The molecule has 3 N–H and O–H groups in total. The van der Waals surface area contributed by atoms with Crippen LogP contribution in [0.15, 0.2) is 42.7 Å². The maximum absolute atomic E-state index is 14.8. The Hall–Kier alpha value is -3.82. The molecule has 0 saturated carbocycles. The van der Waals surface area contributed by atoms with Crippen molar-refractivity contribution < 1.29 is 37.0 Å². The highest BCUT2D eigenvalue weighted by Gasteiger charge is 2.38. The van der Waals surface area contributed by atoms with E-state index in [1.807, 2.05) is 6.07 Å². The molecule has 0 unspecified atom stereocenters. The van der Waals surface area contributed by atoms with E-state index in [1.165, 1.54) is 42.7 Å². The summed E-state index contributed by atoms with van der Waals surface area (Å²) >= 11 is 12.0. The van der Waals surface area contributed by atoms with E-state index in [9.17, 15) is 22.4 Å². The van der Waals surface area contributed by atoms with Crippen molar-refractivity contribution >= 4 is 35.1 Å². The van der Waals surface area contributed by atoms with Gasteiger partial charge < -0.3 is 15.2 Å². The zero-order valence-electron chi connectivity index (χ0n) is 16.6. The van der Waals surface area contributed by atoms with Gasteiger partial charge in [0.15, 0.2) is 11.6 Å². The van der Waals surface area contributed by atoms with Gasteiger partial charge in [-0.25, -0.2) is 9.18 Å². The highest BCUT2D eigenvalue weighted by Crippen LogP contribution is 2.35. The molecule has 178 valence electrons. The van der Waals surface area contributed by atoms with E-state index >= 15 is 0 Å². The highest BCUT2D eigenvalue weighted by atomic mass is 35.5. The summed E-state index contributed by atoms with van der Waals surface area (Å²) in [5, 5.41) is 25.2. The number of hydrogen-bond donors (Lipinski definition) is 3. The molecule has 0 aliphatic heterocycles. The molecule has 0 radical (unpaired) electrons. The number of benzene rings is 2. The maximum Gasteiger partial charge on any atom is 0.490 e. The molecule has 0 atom stereocenters. The SMILES string of the molecule is N#Cc1cc(Cl)cc(Oc2c(Cl)ccc(CNC(=O)c3cn[nH]c3)c2F)c1.O=C(O)C(F)(F)F. The molecule has 1 heterocycles. The molecule has 0 saturated heterocycles. The lowest BCUT2D eigenvalue weighted by Gasteiger charge is -2.13. The summed E-state index contributed by atoms with van der Waals surface area (Å²) in [5.41, 5.74) is 0.759. The van der Waals surface area contributed by atoms with E-state index in [0.29, 0.717) is 5.56 Å². The minimum atomic E-state index is -5.08. The maximum atomic E-state index is 14.8. The minimum Gasteiger partial charge on any atom is -0.475 e. The predicted molar refractivity (Wildman–Crippen MR) is 111 cm³/mol. The van der Waals surface area contributed by atoms with Crippen LogP contribution in [0.2, 0.25) is 10.0 Å². The van der Waals surface area contributed by atoms with Crippen molar-refractivity contribution in [2.45, 2.75) is 12.7 Å². The molecule has 1 aromatic heterocycles. The number of carboxylic acid groups (broad SMARTS) is 1. The van der Waals surface area contributed by atoms with Crippen molar-refractivity contribution in [2.75, 3.05) is 0 Å². The van der Waals surface area contributed by atoms with Crippen molar-refractivity contribution in [2.24, 2.45) is 0 Å². The fourth-order valence-corrected chi connectivity index (χ4v) is 2.67. The molecule has 0 aliphatic carbocycles. The van der Waals surface area contributed by atoms with Crippen molar-refractivity contribution in [3.05, 3.63) is 75.3 Å². The van der Waals surface area contributed by atoms with E-state index in [2.05, 4.69) is 15.5 Å². The van der Waals surface area contributed by atoms with Gasteiger partial charge in [0.25, 0.3) is 5.91 Å². The summed E-state index contributed by atoms with van der Waals surface area (Å²) in [6.07, 6.45) is -2.30. The summed E-state index contributed by atoms with van der Waals surface area (Å²) in [6, 6.07) is 9.13. The number of amides is 1. The Morgan fingerprint density at radius 3 is 2.47 bits per heavy atom. The Labute approximate surface area is 198 Å². The second-order valence-corrected chi connectivity index (χ2v) is 7.06. The van der Waals surface area contributed by atoms with Gasteiger partial charge in [0.1, 0.15) is 5.75 Å². The lowest BCUT2D eigenvalue weighted by Crippen LogP contribution is -2.23. The molecule has 34 heavy (non-hydrogen) atoms. The number of nitrogens with zero attached hydrogens (tertiary/aromatic N) is 2. The van der Waals surface area contributed by atoms with Crippen LogP contribution in [-0.2, 0) is 11.3 Å². The smallest absolute Gasteiger partial charge is 0.475 e. The summed E-state index contributed by atoms with van der Waals surface area (Å²) in [6.45, 7) is -0.0810. The van der Waals surface area contributed by atoms with E-state index in [4.69, 9.17) is 43.1 Å². The number of ether oxygens (including phenoxy) is 1. The van der Waals surface area contributed by atoms with Crippen LogP contribution in [-0.4, -0.2) is 33.4 Å². The molecular weight excluding hydrogens is 507 g/mol. The van der Waals surface area contributed by atoms with Crippen LogP contribution in [0.1, 0.15) is 21.5 Å². The normalized spacial score (nSPS) is 10.5. The molecule has 14 heteroatoms. The van der Waals surface area contributed by atoms with E-state index in [0.717, 1.165) is 0 Å². The largest absolute Gasteiger partial charge is 0.490 e. The number of hydrogen-bond acceptors (Lipinski definition) is 5. The summed E-state index contributed by atoms with van der Waals surface area (Å²) in [7, 11) is 0. The quantitative estimate of drug-likeness (QED) is 0.404. The number of carboxylic acids is 1. The van der Waals surface area contributed by atoms with E-state index in [1.54, 1.807) is 0 Å². The number of halogens is 6. The number of carbonyl (C=O) groups excluding carboxylic acids is 1. The van der Waals surface area contributed by atoms with Crippen molar-refractivity contribution in [3.63, 3.8) is 0 Å². The van der Waals surface area contributed by atoms with Crippen LogP contribution in [0.25, 0.3) is 0 Å². The Bertz CT molecular complexity index is 1230. The molecule has 0 spiro atoms. The van der Waals surface area contributed by atoms with Gasteiger partial charge in [-0.1, -0.05) is 29.3 Å².